The van der Waals surface area contributed by atoms with Crippen molar-refractivity contribution < 1.29 is 0 Å². The first-order valence-corrected chi connectivity index (χ1v) is 10.4. The van der Waals surface area contributed by atoms with E-state index in [1.807, 2.05) is 30.2 Å². The highest BCUT2D eigenvalue weighted by atomic mass is 16.1. The van der Waals surface area contributed by atoms with Gasteiger partial charge in [0.15, 0.2) is 0 Å². The molecule has 0 fully saturated rings. The van der Waals surface area contributed by atoms with Gasteiger partial charge in [-0.1, -0.05) is 36.4 Å². The van der Waals surface area contributed by atoms with E-state index in [-0.39, 0.29) is 5.56 Å². The minimum Gasteiger partial charge on any atom is -0.334 e. The maximum absolute atomic E-state index is 11.3. The van der Waals surface area contributed by atoms with E-state index in [0.717, 1.165) is 52.7 Å². The van der Waals surface area contributed by atoms with E-state index < -0.39 is 0 Å². The summed E-state index contributed by atoms with van der Waals surface area (Å²) in [6.07, 6.45) is 8.29. The second-order valence-electron chi connectivity index (χ2n) is 7.78. The van der Waals surface area contributed by atoms with E-state index in [1.54, 1.807) is 12.3 Å². The van der Waals surface area contributed by atoms with Gasteiger partial charge in [0.05, 0.1) is 23.6 Å². The standard InChI is InChI=1S/C25H23N5O/c1-30-16-27-25-20(5-3-7-23(25)30)18-10-8-17(9-11-18)4-2-6-22-21(15-28-29-22)19-12-13-24(31)26-14-19/h3,5,7-16H,2,4,6H2,1H3,(H,26,31)(H,28,29). The maximum Gasteiger partial charge on any atom is 0.247 e. The second kappa shape index (κ2) is 8.07. The van der Waals surface area contributed by atoms with Crippen molar-refractivity contribution in [3.05, 3.63) is 94.9 Å². The Morgan fingerprint density at radius 1 is 0.935 bits per heavy atom. The molecule has 0 radical (unpaired) electrons. The van der Waals surface area contributed by atoms with Gasteiger partial charge in [0.1, 0.15) is 0 Å². The van der Waals surface area contributed by atoms with Gasteiger partial charge in [-0.15, -0.1) is 0 Å². The summed E-state index contributed by atoms with van der Waals surface area (Å²) in [4.78, 5) is 18.6. The number of nitrogens with zero attached hydrogens (tertiary/aromatic N) is 3. The van der Waals surface area contributed by atoms with Crippen LogP contribution >= 0.6 is 0 Å². The van der Waals surface area contributed by atoms with Crippen LogP contribution in [0.25, 0.3) is 33.3 Å². The molecular weight excluding hydrogens is 386 g/mol. The molecule has 6 nitrogen and oxygen atoms in total. The molecule has 3 aromatic heterocycles. The highest BCUT2D eigenvalue weighted by Crippen LogP contribution is 2.28. The van der Waals surface area contributed by atoms with Crippen molar-refractivity contribution in [2.45, 2.75) is 19.3 Å². The van der Waals surface area contributed by atoms with Gasteiger partial charge >= 0.3 is 0 Å². The topological polar surface area (TPSA) is 79.4 Å². The molecule has 3 heterocycles. The average molecular weight is 409 g/mol. The lowest BCUT2D eigenvalue weighted by Gasteiger charge is -2.07. The molecule has 5 aromatic rings. The van der Waals surface area contributed by atoms with Crippen LogP contribution < -0.4 is 5.56 Å². The first-order valence-electron chi connectivity index (χ1n) is 10.4. The normalized spacial score (nSPS) is 11.3. The largest absolute Gasteiger partial charge is 0.334 e. The molecule has 0 aliphatic rings. The number of imidazole rings is 1. The van der Waals surface area contributed by atoms with Crippen molar-refractivity contribution in [2.24, 2.45) is 7.05 Å². The monoisotopic (exact) mass is 409 g/mol. The third kappa shape index (κ3) is 3.80. The molecule has 2 aromatic carbocycles. The predicted octanol–water partition coefficient (Wildman–Crippen LogP) is 4.49. The van der Waals surface area contributed by atoms with Crippen molar-refractivity contribution in [2.75, 3.05) is 0 Å². The molecule has 0 amide bonds. The second-order valence-corrected chi connectivity index (χ2v) is 7.78. The number of aromatic amines is 2. The Morgan fingerprint density at radius 2 is 1.77 bits per heavy atom. The minimum atomic E-state index is -0.100. The van der Waals surface area contributed by atoms with E-state index in [9.17, 15) is 4.79 Å². The number of hydrogen-bond donors (Lipinski definition) is 2. The van der Waals surface area contributed by atoms with Gasteiger partial charge in [-0.3, -0.25) is 9.89 Å². The summed E-state index contributed by atoms with van der Waals surface area (Å²) in [5.74, 6) is 0. The van der Waals surface area contributed by atoms with E-state index in [4.69, 9.17) is 0 Å². The van der Waals surface area contributed by atoms with Gasteiger partial charge < -0.3 is 9.55 Å². The average Bonchev–Trinajstić information content (AvgIpc) is 3.42. The Hall–Kier alpha value is -3.93. The summed E-state index contributed by atoms with van der Waals surface area (Å²) in [5.41, 5.74) is 8.82. The zero-order valence-electron chi connectivity index (χ0n) is 17.3. The number of nitrogens with one attached hydrogen (secondary N) is 2. The lowest BCUT2D eigenvalue weighted by Crippen LogP contribution is -2.01. The number of aromatic nitrogens is 5. The summed E-state index contributed by atoms with van der Waals surface area (Å²) >= 11 is 0. The lowest BCUT2D eigenvalue weighted by molar-refractivity contribution is 0.794. The molecule has 2 N–H and O–H groups in total. The highest BCUT2D eigenvalue weighted by molar-refractivity contribution is 5.92. The van der Waals surface area contributed by atoms with Crippen LogP contribution in [-0.4, -0.2) is 24.7 Å². The smallest absolute Gasteiger partial charge is 0.247 e. The summed E-state index contributed by atoms with van der Waals surface area (Å²) in [6.45, 7) is 0. The van der Waals surface area contributed by atoms with Gasteiger partial charge in [0.2, 0.25) is 5.56 Å². The number of para-hydroxylation sites is 1. The third-order valence-corrected chi connectivity index (χ3v) is 5.73. The molecule has 154 valence electrons. The fourth-order valence-corrected chi connectivity index (χ4v) is 4.04. The Labute approximate surface area is 179 Å². The van der Waals surface area contributed by atoms with Crippen LogP contribution in [0.1, 0.15) is 17.7 Å². The van der Waals surface area contributed by atoms with Crippen LogP contribution in [0.15, 0.2) is 78.1 Å². The number of H-pyrrole nitrogens is 2. The number of hydrogen-bond acceptors (Lipinski definition) is 3. The summed E-state index contributed by atoms with van der Waals surface area (Å²) < 4.78 is 2.05. The molecule has 0 spiro atoms. The highest BCUT2D eigenvalue weighted by Gasteiger charge is 2.09. The number of pyridine rings is 1. The summed E-state index contributed by atoms with van der Waals surface area (Å²) in [7, 11) is 2.02. The van der Waals surface area contributed by atoms with Crippen LogP contribution in [-0.2, 0) is 19.9 Å². The SMILES string of the molecule is Cn1cnc2c(-c3ccc(CCCc4[nH]ncc4-c4ccc(=O)[nH]c4)cc3)cccc21. The van der Waals surface area contributed by atoms with Crippen LogP contribution in [0.5, 0.6) is 0 Å². The molecule has 5 rings (SSSR count). The Kier molecular flexibility index (Phi) is 4.96. The minimum absolute atomic E-state index is 0.100. The van der Waals surface area contributed by atoms with Crippen LogP contribution in [0.3, 0.4) is 0 Å². The fourth-order valence-electron chi connectivity index (χ4n) is 4.04. The van der Waals surface area contributed by atoms with E-state index >= 15 is 0 Å². The van der Waals surface area contributed by atoms with Crippen molar-refractivity contribution in [3.63, 3.8) is 0 Å². The van der Waals surface area contributed by atoms with Crippen LogP contribution in [0, 0.1) is 0 Å². The van der Waals surface area contributed by atoms with Gasteiger partial charge in [0, 0.05) is 41.7 Å². The molecule has 6 heteroatoms. The number of fused-ring (bicyclic) bond motifs is 1. The molecule has 0 aliphatic carbocycles. The van der Waals surface area contributed by atoms with Gasteiger partial charge in [-0.2, -0.15) is 5.10 Å². The Bertz CT molecular complexity index is 1370. The number of benzene rings is 2. The molecule has 0 saturated heterocycles. The van der Waals surface area contributed by atoms with Crippen LogP contribution in [0.2, 0.25) is 0 Å². The van der Waals surface area contributed by atoms with E-state index in [0.29, 0.717) is 0 Å². The fraction of sp³-hybridized carbons (Fsp3) is 0.160. The Morgan fingerprint density at radius 3 is 2.58 bits per heavy atom. The van der Waals surface area contributed by atoms with Crippen molar-refractivity contribution in [1.29, 1.82) is 0 Å². The molecule has 0 atom stereocenters. The summed E-state index contributed by atoms with van der Waals surface area (Å²) in [6, 6.07) is 18.4. The van der Waals surface area contributed by atoms with Crippen LogP contribution in [0.4, 0.5) is 0 Å². The van der Waals surface area contributed by atoms with E-state index in [1.165, 1.54) is 11.1 Å². The quantitative estimate of drug-likeness (QED) is 0.434. The Balaban J connectivity index is 1.27. The molecule has 31 heavy (non-hydrogen) atoms. The third-order valence-electron chi connectivity index (χ3n) is 5.73. The number of aryl methyl sites for hydroxylation is 3. The van der Waals surface area contributed by atoms with Gasteiger partial charge in [-0.25, -0.2) is 4.98 Å². The van der Waals surface area contributed by atoms with Crippen molar-refractivity contribution in [3.8, 4) is 22.3 Å². The lowest BCUT2D eigenvalue weighted by atomic mass is 9.99. The summed E-state index contributed by atoms with van der Waals surface area (Å²) in [5, 5.41) is 7.30. The first-order chi connectivity index (χ1) is 15.2. The molecule has 0 saturated carbocycles. The zero-order valence-corrected chi connectivity index (χ0v) is 17.3. The van der Waals surface area contributed by atoms with Gasteiger partial charge in [-0.05, 0) is 42.5 Å². The number of rotatable bonds is 6. The van der Waals surface area contributed by atoms with Crippen molar-refractivity contribution in [1.82, 2.24) is 24.7 Å². The molecule has 0 aliphatic heterocycles. The molecular formula is C25H23N5O. The predicted molar refractivity (Wildman–Crippen MR) is 123 cm³/mol. The zero-order chi connectivity index (χ0) is 21.2. The van der Waals surface area contributed by atoms with Gasteiger partial charge in [0.25, 0.3) is 0 Å². The first kappa shape index (κ1) is 19.1. The van der Waals surface area contributed by atoms with Crippen molar-refractivity contribution >= 4 is 11.0 Å². The maximum atomic E-state index is 11.3. The van der Waals surface area contributed by atoms with E-state index in [2.05, 4.69) is 62.6 Å². The molecule has 0 unspecified atom stereocenters. The molecule has 0 bridgehead atoms.